The van der Waals surface area contributed by atoms with Gasteiger partial charge in [0, 0.05) is 16.6 Å². The molecule has 2 N–H and O–H groups in total. The van der Waals surface area contributed by atoms with E-state index in [1.165, 1.54) is 0 Å². The lowest BCUT2D eigenvalue weighted by atomic mass is 10.1. The van der Waals surface area contributed by atoms with Crippen LogP contribution in [0.3, 0.4) is 0 Å². The molecule has 2 rings (SSSR count). The molecule has 5 heteroatoms. The third-order valence-corrected chi connectivity index (χ3v) is 4.49. The largest absolute Gasteiger partial charge is 0.486 e. The fourth-order valence-corrected chi connectivity index (χ4v) is 3.71. The Morgan fingerprint density at radius 3 is 2.38 bits per heavy atom. The summed E-state index contributed by atoms with van der Waals surface area (Å²) in [6.07, 6.45) is 0.821. The number of rotatable bonds is 5. The van der Waals surface area contributed by atoms with E-state index in [0.29, 0.717) is 11.6 Å². The molecule has 2 aromatic carbocycles. The maximum atomic E-state index is 6.14. The highest BCUT2D eigenvalue weighted by atomic mass is 79.9. The monoisotopic (exact) mass is 431 g/mol. The molecule has 0 fully saturated rings. The molecule has 1 atom stereocenters. The van der Waals surface area contributed by atoms with Crippen LogP contribution in [0.2, 0.25) is 5.02 Å². The summed E-state index contributed by atoms with van der Waals surface area (Å²) in [7, 11) is 0. The summed E-state index contributed by atoms with van der Waals surface area (Å²) in [5, 5.41) is 0.707. The highest BCUT2D eigenvalue weighted by Crippen LogP contribution is 2.36. The van der Waals surface area contributed by atoms with E-state index in [-0.39, 0.29) is 6.04 Å². The third-order valence-electron chi connectivity index (χ3n) is 2.95. The topological polar surface area (TPSA) is 35.2 Å². The van der Waals surface area contributed by atoms with Crippen molar-refractivity contribution in [2.24, 2.45) is 5.73 Å². The number of ether oxygens (including phenoxy) is 1. The van der Waals surface area contributed by atoms with Gasteiger partial charge in [-0.3, -0.25) is 0 Å². The third kappa shape index (κ3) is 4.71. The van der Waals surface area contributed by atoms with E-state index in [4.69, 9.17) is 22.1 Å². The molecule has 1 unspecified atom stereocenters. The fraction of sp³-hybridized carbons (Fsp3) is 0.250. The molecule has 2 nitrogen and oxygen atoms in total. The Labute approximate surface area is 146 Å². The minimum Gasteiger partial charge on any atom is -0.486 e. The molecule has 0 saturated carbocycles. The fourth-order valence-electron chi connectivity index (χ4n) is 2.01. The van der Waals surface area contributed by atoms with Gasteiger partial charge in [-0.05, 0) is 69.0 Å². The first-order valence-corrected chi connectivity index (χ1v) is 8.53. The van der Waals surface area contributed by atoms with Gasteiger partial charge in [-0.25, -0.2) is 0 Å². The van der Waals surface area contributed by atoms with E-state index in [9.17, 15) is 0 Å². The Morgan fingerprint density at radius 2 is 1.81 bits per heavy atom. The lowest BCUT2D eigenvalue weighted by Crippen LogP contribution is -2.17. The second kappa shape index (κ2) is 7.63. The Morgan fingerprint density at radius 1 is 1.19 bits per heavy atom. The standard InChI is InChI=1S/C16H16Br2ClNO/c1-10(20)6-11-7-13(17)16(14(18)8-11)21-9-12-4-2-3-5-15(12)19/h2-5,7-8,10H,6,9,20H2,1H3. The molecule has 0 amide bonds. The van der Waals surface area contributed by atoms with E-state index >= 15 is 0 Å². The van der Waals surface area contributed by atoms with Crippen LogP contribution in [-0.2, 0) is 13.0 Å². The molecule has 0 aliphatic rings. The molecule has 0 aromatic heterocycles. The molecule has 0 bridgehead atoms. The van der Waals surface area contributed by atoms with Crippen molar-refractivity contribution < 1.29 is 4.74 Å². The van der Waals surface area contributed by atoms with E-state index in [2.05, 4.69) is 31.9 Å². The van der Waals surface area contributed by atoms with Gasteiger partial charge in [0.25, 0.3) is 0 Å². The van der Waals surface area contributed by atoms with Gasteiger partial charge in [-0.15, -0.1) is 0 Å². The second-order valence-corrected chi connectivity index (χ2v) is 7.07. The van der Waals surface area contributed by atoms with Crippen molar-refractivity contribution in [2.75, 3.05) is 0 Å². The lowest BCUT2D eigenvalue weighted by molar-refractivity contribution is 0.302. The van der Waals surface area contributed by atoms with Gasteiger partial charge >= 0.3 is 0 Å². The van der Waals surface area contributed by atoms with Crippen LogP contribution in [-0.4, -0.2) is 6.04 Å². The second-order valence-electron chi connectivity index (χ2n) is 4.95. The van der Waals surface area contributed by atoms with E-state index in [1.54, 1.807) is 0 Å². The summed E-state index contributed by atoms with van der Waals surface area (Å²) in [6, 6.07) is 11.9. The first kappa shape index (κ1) is 16.8. The van der Waals surface area contributed by atoms with Gasteiger partial charge in [0.1, 0.15) is 12.4 Å². The Kier molecular flexibility index (Phi) is 6.11. The van der Waals surface area contributed by atoms with Gasteiger partial charge in [0.15, 0.2) is 0 Å². The van der Waals surface area contributed by atoms with E-state index in [1.807, 2.05) is 43.3 Å². The smallest absolute Gasteiger partial charge is 0.148 e. The van der Waals surface area contributed by atoms with Crippen molar-refractivity contribution in [1.29, 1.82) is 0 Å². The molecular weight excluding hydrogens is 417 g/mol. The zero-order valence-electron chi connectivity index (χ0n) is 11.6. The number of halogens is 3. The van der Waals surface area contributed by atoms with Crippen LogP contribution < -0.4 is 10.5 Å². The van der Waals surface area contributed by atoms with Crippen LogP contribution in [0.1, 0.15) is 18.1 Å². The number of hydrogen-bond acceptors (Lipinski definition) is 2. The zero-order chi connectivity index (χ0) is 15.4. The number of benzene rings is 2. The Balaban J connectivity index is 2.15. The zero-order valence-corrected chi connectivity index (χ0v) is 15.5. The quantitative estimate of drug-likeness (QED) is 0.691. The minimum absolute atomic E-state index is 0.124. The first-order valence-electron chi connectivity index (χ1n) is 6.57. The van der Waals surface area contributed by atoms with Crippen LogP contribution >= 0.6 is 43.5 Å². The summed E-state index contributed by atoms with van der Waals surface area (Å²) in [6.45, 7) is 2.41. The summed E-state index contributed by atoms with van der Waals surface area (Å²) >= 11 is 13.2. The highest BCUT2D eigenvalue weighted by Gasteiger charge is 2.11. The Bertz CT molecular complexity index is 608. The molecule has 0 saturated heterocycles. The molecular formula is C16H16Br2ClNO. The molecule has 0 heterocycles. The maximum absolute atomic E-state index is 6.14. The summed E-state index contributed by atoms with van der Waals surface area (Å²) < 4.78 is 7.69. The van der Waals surface area contributed by atoms with Crippen LogP contribution in [0, 0.1) is 0 Å². The van der Waals surface area contributed by atoms with Crippen molar-refractivity contribution in [1.82, 2.24) is 0 Å². The molecule has 21 heavy (non-hydrogen) atoms. The number of hydrogen-bond donors (Lipinski definition) is 1. The van der Waals surface area contributed by atoms with Crippen LogP contribution in [0.4, 0.5) is 0 Å². The molecule has 0 aliphatic carbocycles. The van der Waals surface area contributed by atoms with Crippen molar-refractivity contribution in [3.63, 3.8) is 0 Å². The van der Waals surface area contributed by atoms with Crippen LogP contribution in [0.5, 0.6) is 5.75 Å². The maximum Gasteiger partial charge on any atom is 0.148 e. The van der Waals surface area contributed by atoms with E-state index < -0.39 is 0 Å². The van der Waals surface area contributed by atoms with Crippen molar-refractivity contribution in [3.8, 4) is 5.75 Å². The summed E-state index contributed by atoms with van der Waals surface area (Å²) in [5.41, 5.74) is 7.95. The molecule has 0 radical (unpaired) electrons. The number of nitrogens with two attached hydrogens (primary N) is 1. The van der Waals surface area contributed by atoms with Crippen LogP contribution in [0.25, 0.3) is 0 Å². The predicted molar refractivity (Wildman–Crippen MR) is 95.0 cm³/mol. The molecule has 112 valence electrons. The first-order chi connectivity index (χ1) is 9.97. The molecule has 0 aliphatic heterocycles. The SMILES string of the molecule is CC(N)Cc1cc(Br)c(OCc2ccccc2Cl)c(Br)c1. The van der Waals surface area contributed by atoms with Gasteiger partial charge < -0.3 is 10.5 Å². The highest BCUT2D eigenvalue weighted by molar-refractivity contribution is 9.11. The van der Waals surface area contributed by atoms with Crippen molar-refractivity contribution in [3.05, 3.63) is 61.5 Å². The normalized spacial score (nSPS) is 12.2. The van der Waals surface area contributed by atoms with Crippen LogP contribution in [0.15, 0.2) is 45.3 Å². The van der Waals surface area contributed by atoms with E-state index in [0.717, 1.165) is 32.2 Å². The van der Waals surface area contributed by atoms with Gasteiger partial charge in [0.05, 0.1) is 8.95 Å². The van der Waals surface area contributed by atoms with Crippen molar-refractivity contribution >= 4 is 43.5 Å². The molecule has 2 aromatic rings. The minimum atomic E-state index is 0.124. The van der Waals surface area contributed by atoms with Crippen molar-refractivity contribution in [2.45, 2.75) is 26.0 Å². The molecule has 0 spiro atoms. The van der Waals surface area contributed by atoms with Gasteiger partial charge in [0.2, 0.25) is 0 Å². The van der Waals surface area contributed by atoms with Gasteiger partial charge in [-0.2, -0.15) is 0 Å². The average molecular weight is 434 g/mol. The summed E-state index contributed by atoms with van der Waals surface area (Å²) in [4.78, 5) is 0. The van der Waals surface area contributed by atoms with Gasteiger partial charge in [-0.1, -0.05) is 29.8 Å². The lowest BCUT2D eigenvalue weighted by Gasteiger charge is -2.14. The average Bonchev–Trinajstić information content (AvgIpc) is 2.39. The predicted octanol–water partition coefficient (Wildman–Crippen LogP) is 5.33. The Hall–Kier alpha value is -0.550. The summed E-state index contributed by atoms with van der Waals surface area (Å²) in [5.74, 6) is 0.767.